The molecule has 2 aromatic carbocycles. The van der Waals surface area contributed by atoms with E-state index in [4.69, 9.17) is 37.4 Å². The van der Waals surface area contributed by atoms with Crippen LogP contribution in [0.3, 0.4) is 0 Å². The van der Waals surface area contributed by atoms with E-state index in [1.165, 1.54) is 32.2 Å². The van der Waals surface area contributed by atoms with Crippen LogP contribution in [0.1, 0.15) is 22.8 Å². The zero-order chi connectivity index (χ0) is 20.0. The summed E-state index contributed by atoms with van der Waals surface area (Å²) in [7, 11) is 3.08. The van der Waals surface area contributed by atoms with Crippen LogP contribution in [0.15, 0.2) is 36.4 Å². The molecule has 0 bridgehead atoms. The Morgan fingerprint density at radius 1 is 1.04 bits per heavy atom. The highest BCUT2D eigenvalue weighted by molar-refractivity contribution is 6.36. The van der Waals surface area contributed by atoms with Gasteiger partial charge in [-0.05, 0) is 42.8 Å². The number of hydrogen-bond acceptors (Lipinski definition) is 5. The lowest BCUT2D eigenvalue weighted by molar-refractivity contribution is -0.129. The Morgan fingerprint density at radius 2 is 1.74 bits per heavy atom. The number of rotatable bonds is 7. The van der Waals surface area contributed by atoms with Crippen LogP contribution >= 0.6 is 23.2 Å². The molecular weight excluding hydrogens is 393 g/mol. The molecule has 0 heterocycles. The van der Waals surface area contributed by atoms with Crippen LogP contribution in [-0.2, 0) is 16.1 Å². The predicted molar refractivity (Wildman–Crippen MR) is 103 cm³/mol. The molecule has 1 amide bonds. The molecule has 0 unspecified atom stereocenters. The van der Waals surface area contributed by atoms with E-state index in [0.717, 1.165) is 5.56 Å². The van der Waals surface area contributed by atoms with Gasteiger partial charge in [-0.2, -0.15) is 0 Å². The number of amides is 1. The highest BCUT2D eigenvalue weighted by atomic mass is 35.5. The van der Waals surface area contributed by atoms with Crippen molar-refractivity contribution in [3.63, 3.8) is 0 Å². The largest absolute Gasteiger partial charge is 0.493 e. The van der Waals surface area contributed by atoms with Crippen LogP contribution in [0.4, 0.5) is 0 Å². The van der Waals surface area contributed by atoms with E-state index in [1.54, 1.807) is 25.3 Å². The summed E-state index contributed by atoms with van der Waals surface area (Å²) in [5.74, 6) is 0.00415. The van der Waals surface area contributed by atoms with Gasteiger partial charge < -0.3 is 19.5 Å². The van der Waals surface area contributed by atoms with Crippen molar-refractivity contribution in [2.75, 3.05) is 14.2 Å². The summed E-state index contributed by atoms with van der Waals surface area (Å²) in [5, 5.41) is 3.26. The fourth-order valence-electron chi connectivity index (χ4n) is 2.26. The normalized spacial score (nSPS) is 11.4. The van der Waals surface area contributed by atoms with E-state index in [1.807, 2.05) is 0 Å². The standard InChI is InChI=1S/C19H19Cl2NO5/c1-11(27-19(24)14-6-5-13(20)9-15(14)21)18(23)22-10-12-4-7-16(25-2)17(8-12)26-3/h4-9,11H,10H2,1-3H3,(H,22,23)/t11-/m0/s1. The van der Waals surface area contributed by atoms with Crippen molar-refractivity contribution < 1.29 is 23.8 Å². The Morgan fingerprint density at radius 3 is 2.37 bits per heavy atom. The summed E-state index contributed by atoms with van der Waals surface area (Å²) in [4.78, 5) is 24.4. The van der Waals surface area contributed by atoms with Crippen LogP contribution in [0.2, 0.25) is 10.0 Å². The molecular formula is C19H19Cl2NO5. The third-order valence-corrected chi connectivity index (χ3v) is 4.27. The van der Waals surface area contributed by atoms with Crippen LogP contribution < -0.4 is 14.8 Å². The minimum Gasteiger partial charge on any atom is -0.493 e. The smallest absolute Gasteiger partial charge is 0.340 e. The fourth-order valence-corrected chi connectivity index (χ4v) is 2.74. The average Bonchev–Trinajstić information content (AvgIpc) is 2.65. The van der Waals surface area contributed by atoms with E-state index in [2.05, 4.69) is 5.32 Å². The third kappa shape index (κ3) is 5.52. The lowest BCUT2D eigenvalue weighted by Gasteiger charge is -2.15. The Bertz CT molecular complexity index is 841. The van der Waals surface area contributed by atoms with Crippen molar-refractivity contribution in [2.45, 2.75) is 19.6 Å². The first kappa shape index (κ1) is 20.9. The van der Waals surface area contributed by atoms with Crippen LogP contribution in [0, 0.1) is 0 Å². The van der Waals surface area contributed by atoms with Gasteiger partial charge >= 0.3 is 5.97 Å². The van der Waals surface area contributed by atoms with E-state index >= 15 is 0 Å². The zero-order valence-electron chi connectivity index (χ0n) is 15.0. The topological polar surface area (TPSA) is 73.9 Å². The Balaban J connectivity index is 1.94. The summed E-state index contributed by atoms with van der Waals surface area (Å²) >= 11 is 11.8. The van der Waals surface area contributed by atoms with Gasteiger partial charge in [0.15, 0.2) is 17.6 Å². The summed E-state index contributed by atoms with van der Waals surface area (Å²) in [5.41, 5.74) is 0.945. The highest BCUT2D eigenvalue weighted by Crippen LogP contribution is 2.27. The SMILES string of the molecule is COc1ccc(CNC(=O)[C@H](C)OC(=O)c2ccc(Cl)cc2Cl)cc1OC. The van der Waals surface area contributed by atoms with Gasteiger partial charge in [0.1, 0.15) is 0 Å². The van der Waals surface area contributed by atoms with Gasteiger partial charge in [0.25, 0.3) is 5.91 Å². The second kappa shape index (κ2) is 9.48. The average molecular weight is 412 g/mol. The molecule has 0 radical (unpaired) electrons. The molecule has 0 saturated carbocycles. The van der Waals surface area contributed by atoms with Gasteiger partial charge in [0.2, 0.25) is 0 Å². The lowest BCUT2D eigenvalue weighted by Crippen LogP contribution is -2.35. The molecule has 8 heteroatoms. The monoisotopic (exact) mass is 411 g/mol. The maximum Gasteiger partial charge on any atom is 0.340 e. The highest BCUT2D eigenvalue weighted by Gasteiger charge is 2.20. The number of esters is 1. The van der Waals surface area contributed by atoms with Gasteiger partial charge in [0, 0.05) is 11.6 Å². The quantitative estimate of drug-likeness (QED) is 0.699. The van der Waals surface area contributed by atoms with E-state index in [-0.39, 0.29) is 17.1 Å². The van der Waals surface area contributed by atoms with Crippen LogP contribution in [-0.4, -0.2) is 32.2 Å². The summed E-state index contributed by atoms with van der Waals surface area (Å²) in [6.45, 7) is 1.72. The fraction of sp³-hybridized carbons (Fsp3) is 0.263. The molecule has 27 heavy (non-hydrogen) atoms. The number of benzene rings is 2. The van der Waals surface area contributed by atoms with E-state index < -0.39 is 18.0 Å². The third-order valence-electron chi connectivity index (χ3n) is 3.72. The molecule has 0 aliphatic rings. The molecule has 0 aliphatic carbocycles. The van der Waals surface area contributed by atoms with Crippen molar-refractivity contribution in [3.8, 4) is 11.5 Å². The maximum atomic E-state index is 12.2. The van der Waals surface area contributed by atoms with E-state index in [9.17, 15) is 9.59 Å². The van der Waals surface area contributed by atoms with Gasteiger partial charge in [-0.3, -0.25) is 4.79 Å². The van der Waals surface area contributed by atoms with Gasteiger partial charge in [-0.25, -0.2) is 4.79 Å². The number of carbonyl (C=O) groups excluding carboxylic acids is 2. The number of nitrogens with one attached hydrogen (secondary N) is 1. The minimum absolute atomic E-state index is 0.139. The molecule has 144 valence electrons. The lowest BCUT2D eigenvalue weighted by atomic mass is 10.2. The first-order chi connectivity index (χ1) is 12.8. The molecule has 0 saturated heterocycles. The van der Waals surface area contributed by atoms with Gasteiger partial charge in [-0.1, -0.05) is 29.3 Å². The number of ether oxygens (including phenoxy) is 3. The van der Waals surface area contributed by atoms with Gasteiger partial charge in [0.05, 0.1) is 24.8 Å². The van der Waals surface area contributed by atoms with Crippen molar-refractivity contribution in [2.24, 2.45) is 0 Å². The molecule has 6 nitrogen and oxygen atoms in total. The van der Waals surface area contributed by atoms with Crippen LogP contribution in [0.5, 0.6) is 11.5 Å². The molecule has 2 aromatic rings. The van der Waals surface area contributed by atoms with Crippen LogP contribution in [0.25, 0.3) is 0 Å². The Kier molecular flexibility index (Phi) is 7.33. The van der Waals surface area contributed by atoms with Crippen molar-refractivity contribution in [1.29, 1.82) is 0 Å². The van der Waals surface area contributed by atoms with Crippen molar-refractivity contribution in [1.82, 2.24) is 5.32 Å². The minimum atomic E-state index is -0.996. The Labute approximate surface area is 167 Å². The number of halogens is 2. The molecule has 0 aliphatic heterocycles. The zero-order valence-corrected chi connectivity index (χ0v) is 16.6. The number of carbonyl (C=O) groups is 2. The molecule has 1 atom stereocenters. The van der Waals surface area contributed by atoms with Crippen molar-refractivity contribution >= 4 is 35.1 Å². The molecule has 2 rings (SSSR count). The predicted octanol–water partition coefficient (Wildman–Crippen LogP) is 3.87. The maximum absolute atomic E-state index is 12.2. The first-order valence-corrected chi connectivity index (χ1v) is 8.76. The molecule has 0 fully saturated rings. The summed E-state index contributed by atoms with van der Waals surface area (Å²) in [6, 6.07) is 9.69. The van der Waals surface area contributed by atoms with Gasteiger partial charge in [-0.15, -0.1) is 0 Å². The van der Waals surface area contributed by atoms with Crippen molar-refractivity contribution in [3.05, 3.63) is 57.6 Å². The second-order valence-electron chi connectivity index (χ2n) is 5.58. The first-order valence-electron chi connectivity index (χ1n) is 8.00. The number of methoxy groups -OCH3 is 2. The van der Waals surface area contributed by atoms with E-state index in [0.29, 0.717) is 16.5 Å². The molecule has 0 spiro atoms. The number of hydrogen-bond donors (Lipinski definition) is 1. The Hall–Kier alpha value is -2.44. The summed E-state index contributed by atoms with van der Waals surface area (Å²) in [6.07, 6.45) is -0.996. The second-order valence-corrected chi connectivity index (χ2v) is 6.42. The molecule has 0 aromatic heterocycles. The summed E-state index contributed by atoms with van der Waals surface area (Å²) < 4.78 is 15.6. The molecule has 1 N–H and O–H groups in total.